The fraction of sp³-hybridized carbons (Fsp3) is 0.294. The molecule has 23 heavy (non-hydrogen) atoms. The Labute approximate surface area is 140 Å². The second-order valence-corrected chi connectivity index (χ2v) is 8.58. The van der Waals surface area contributed by atoms with Crippen LogP contribution in [-0.4, -0.2) is 14.2 Å². The zero-order valence-electron chi connectivity index (χ0n) is 13.0. The lowest BCUT2D eigenvalue weighted by atomic mass is 10.0. The number of hydrogen-bond donors (Lipinski definition) is 1. The molecule has 0 radical (unpaired) electrons. The summed E-state index contributed by atoms with van der Waals surface area (Å²) < 4.78 is 41.7. The third-order valence-electron chi connectivity index (χ3n) is 3.93. The second kappa shape index (κ2) is 6.26. The molecule has 1 aliphatic heterocycles. The number of benzene rings is 2. The van der Waals surface area contributed by atoms with Crippen LogP contribution in [-0.2, 0) is 10.0 Å². The van der Waals surface area contributed by atoms with Crippen molar-refractivity contribution in [3.8, 4) is 0 Å². The largest absolute Gasteiger partial charge is 0.241 e. The molecule has 0 aromatic heterocycles. The van der Waals surface area contributed by atoms with E-state index in [-0.39, 0.29) is 10.7 Å². The minimum absolute atomic E-state index is 0.277. The van der Waals surface area contributed by atoms with Crippen molar-refractivity contribution in [2.24, 2.45) is 0 Å². The van der Waals surface area contributed by atoms with Gasteiger partial charge < -0.3 is 0 Å². The van der Waals surface area contributed by atoms with E-state index in [1.54, 1.807) is 36.9 Å². The quantitative estimate of drug-likeness (QED) is 0.910. The van der Waals surface area contributed by atoms with Crippen molar-refractivity contribution in [3.05, 3.63) is 58.9 Å². The monoisotopic (exact) mass is 351 g/mol. The highest BCUT2D eigenvalue weighted by Gasteiger charge is 2.27. The highest BCUT2D eigenvalue weighted by Crippen LogP contribution is 2.37. The van der Waals surface area contributed by atoms with Crippen LogP contribution in [0.5, 0.6) is 0 Å². The molecule has 0 bridgehead atoms. The summed E-state index contributed by atoms with van der Waals surface area (Å²) in [4.78, 5) is 1.21. The van der Waals surface area contributed by atoms with Crippen LogP contribution in [0, 0.1) is 19.7 Å². The molecular weight excluding hydrogens is 333 g/mol. The van der Waals surface area contributed by atoms with Gasteiger partial charge in [0.05, 0.1) is 4.90 Å². The molecular formula is C17H18FNO2S2. The van der Waals surface area contributed by atoms with E-state index in [0.29, 0.717) is 12.0 Å². The SMILES string of the molecule is Cc1ccc(S(=O)(=O)N[C@@H]2CCSc3ccc(F)cc32)c(C)c1. The molecule has 6 heteroatoms. The average Bonchev–Trinajstić information content (AvgIpc) is 2.47. The Morgan fingerprint density at radius 2 is 1.96 bits per heavy atom. The van der Waals surface area contributed by atoms with Crippen LogP contribution in [0.25, 0.3) is 0 Å². The number of nitrogens with one attached hydrogen (secondary N) is 1. The fourth-order valence-electron chi connectivity index (χ4n) is 2.84. The van der Waals surface area contributed by atoms with Crippen LogP contribution in [0.3, 0.4) is 0 Å². The van der Waals surface area contributed by atoms with Crippen molar-refractivity contribution < 1.29 is 12.8 Å². The van der Waals surface area contributed by atoms with Gasteiger partial charge in [0, 0.05) is 10.9 Å². The Morgan fingerprint density at radius 3 is 2.70 bits per heavy atom. The Balaban J connectivity index is 1.95. The van der Waals surface area contributed by atoms with Gasteiger partial charge in [0.25, 0.3) is 0 Å². The van der Waals surface area contributed by atoms with Crippen LogP contribution < -0.4 is 4.72 Å². The van der Waals surface area contributed by atoms with E-state index in [1.165, 1.54) is 12.1 Å². The minimum atomic E-state index is -3.64. The molecule has 0 spiro atoms. The van der Waals surface area contributed by atoms with Crippen molar-refractivity contribution in [2.75, 3.05) is 5.75 Å². The van der Waals surface area contributed by atoms with Gasteiger partial charge in [-0.3, -0.25) is 0 Å². The maximum atomic E-state index is 13.5. The van der Waals surface area contributed by atoms with Gasteiger partial charge in [-0.15, -0.1) is 11.8 Å². The standard InChI is InChI=1S/C17H18FNO2S2/c1-11-3-6-17(12(2)9-11)23(20,21)19-15-7-8-22-16-5-4-13(18)10-14(15)16/h3-6,9-10,15,19H,7-8H2,1-2H3/t15-/m1/s1. The summed E-state index contributed by atoms with van der Waals surface area (Å²) in [7, 11) is -3.64. The molecule has 2 aromatic carbocycles. The zero-order chi connectivity index (χ0) is 16.6. The average molecular weight is 351 g/mol. The molecule has 0 fully saturated rings. The molecule has 3 rings (SSSR count). The van der Waals surface area contributed by atoms with Crippen molar-refractivity contribution in [1.82, 2.24) is 4.72 Å². The number of fused-ring (bicyclic) bond motifs is 1. The van der Waals surface area contributed by atoms with E-state index in [4.69, 9.17) is 0 Å². The lowest BCUT2D eigenvalue weighted by Crippen LogP contribution is -2.31. The smallest absolute Gasteiger partial charge is 0.207 e. The van der Waals surface area contributed by atoms with Crippen LogP contribution in [0.1, 0.15) is 29.2 Å². The minimum Gasteiger partial charge on any atom is -0.207 e. The van der Waals surface area contributed by atoms with E-state index in [0.717, 1.165) is 21.8 Å². The lowest BCUT2D eigenvalue weighted by molar-refractivity contribution is 0.541. The van der Waals surface area contributed by atoms with Crippen LogP contribution in [0.4, 0.5) is 4.39 Å². The number of sulfonamides is 1. The molecule has 1 N–H and O–H groups in total. The molecule has 0 saturated heterocycles. The first kappa shape index (κ1) is 16.5. The number of rotatable bonds is 3. The van der Waals surface area contributed by atoms with Crippen LogP contribution >= 0.6 is 11.8 Å². The Morgan fingerprint density at radius 1 is 1.17 bits per heavy atom. The molecule has 0 amide bonds. The summed E-state index contributed by atoms with van der Waals surface area (Å²) in [5.74, 6) is 0.459. The summed E-state index contributed by atoms with van der Waals surface area (Å²) in [6.07, 6.45) is 0.644. The summed E-state index contributed by atoms with van der Waals surface area (Å²) in [5.41, 5.74) is 2.44. The van der Waals surface area contributed by atoms with Gasteiger partial charge in [-0.05, 0) is 61.4 Å². The van der Waals surface area contributed by atoms with Crippen LogP contribution in [0.2, 0.25) is 0 Å². The van der Waals surface area contributed by atoms with E-state index in [9.17, 15) is 12.8 Å². The third-order valence-corrected chi connectivity index (χ3v) is 6.68. The summed E-state index contributed by atoms with van der Waals surface area (Å²) in [5, 5.41) is 0. The van der Waals surface area contributed by atoms with Crippen molar-refractivity contribution in [3.63, 3.8) is 0 Å². The van der Waals surface area contributed by atoms with Crippen molar-refractivity contribution in [1.29, 1.82) is 0 Å². The van der Waals surface area contributed by atoms with Gasteiger partial charge in [-0.2, -0.15) is 0 Å². The second-order valence-electron chi connectivity index (χ2n) is 5.76. The number of thioether (sulfide) groups is 1. The first-order valence-corrected chi connectivity index (χ1v) is 9.85. The van der Waals surface area contributed by atoms with E-state index < -0.39 is 16.1 Å². The third kappa shape index (κ3) is 3.44. The van der Waals surface area contributed by atoms with Crippen molar-refractivity contribution in [2.45, 2.75) is 36.1 Å². The normalized spacial score (nSPS) is 17.8. The topological polar surface area (TPSA) is 46.2 Å². The highest BCUT2D eigenvalue weighted by molar-refractivity contribution is 7.99. The number of halogens is 1. The molecule has 122 valence electrons. The van der Waals surface area contributed by atoms with Gasteiger partial charge >= 0.3 is 0 Å². The number of aryl methyl sites for hydroxylation is 2. The lowest BCUT2D eigenvalue weighted by Gasteiger charge is -2.26. The number of hydrogen-bond acceptors (Lipinski definition) is 3. The maximum absolute atomic E-state index is 13.5. The Hall–Kier alpha value is -1.37. The summed E-state index contributed by atoms with van der Waals surface area (Å²) in [6, 6.07) is 9.41. The van der Waals surface area contributed by atoms with Gasteiger partial charge in [0.1, 0.15) is 5.82 Å². The molecule has 0 aliphatic carbocycles. The Bertz CT molecular complexity index is 850. The summed E-state index contributed by atoms with van der Waals surface area (Å²) in [6.45, 7) is 3.71. The molecule has 1 heterocycles. The first-order chi connectivity index (χ1) is 10.9. The fourth-order valence-corrected chi connectivity index (χ4v) is 5.42. The zero-order valence-corrected chi connectivity index (χ0v) is 14.6. The molecule has 1 atom stereocenters. The predicted octanol–water partition coefficient (Wildman–Crippen LogP) is 3.96. The van der Waals surface area contributed by atoms with Crippen LogP contribution in [0.15, 0.2) is 46.2 Å². The molecule has 1 aliphatic rings. The van der Waals surface area contributed by atoms with Gasteiger partial charge in [-0.1, -0.05) is 17.7 Å². The van der Waals surface area contributed by atoms with Gasteiger partial charge in [-0.25, -0.2) is 17.5 Å². The first-order valence-electron chi connectivity index (χ1n) is 7.39. The molecule has 0 saturated carbocycles. The molecule has 0 unspecified atom stereocenters. The highest BCUT2D eigenvalue weighted by atomic mass is 32.2. The Kier molecular flexibility index (Phi) is 4.49. The van der Waals surface area contributed by atoms with Crippen molar-refractivity contribution >= 4 is 21.8 Å². The van der Waals surface area contributed by atoms with Gasteiger partial charge in [0.15, 0.2) is 0 Å². The van der Waals surface area contributed by atoms with E-state index >= 15 is 0 Å². The molecule has 2 aromatic rings. The summed E-state index contributed by atoms with van der Waals surface area (Å²) >= 11 is 1.63. The molecule has 3 nitrogen and oxygen atoms in total. The van der Waals surface area contributed by atoms with E-state index in [2.05, 4.69) is 4.72 Å². The van der Waals surface area contributed by atoms with E-state index in [1.807, 2.05) is 13.0 Å². The van der Waals surface area contributed by atoms with Gasteiger partial charge in [0.2, 0.25) is 10.0 Å². The predicted molar refractivity (Wildman–Crippen MR) is 90.7 cm³/mol. The maximum Gasteiger partial charge on any atom is 0.241 e.